The fourth-order valence-corrected chi connectivity index (χ4v) is 2.43. The molecule has 0 saturated carbocycles. The van der Waals surface area contributed by atoms with Crippen molar-refractivity contribution in [3.8, 4) is 11.4 Å². The van der Waals surface area contributed by atoms with E-state index < -0.39 is 5.97 Å². The molecule has 2 heterocycles. The minimum Gasteiger partial charge on any atom is -0.478 e. The van der Waals surface area contributed by atoms with Crippen LogP contribution < -0.4 is 0 Å². The Morgan fingerprint density at radius 2 is 1.89 bits per heavy atom. The van der Waals surface area contributed by atoms with Crippen molar-refractivity contribution in [3.63, 3.8) is 0 Å². The molecule has 4 nitrogen and oxygen atoms in total. The SMILES string of the molecule is Cc1nc(-c2ccc(C(=O)O)c(C(C)(C)C)n2)cs1. The fourth-order valence-electron chi connectivity index (χ4n) is 1.83. The summed E-state index contributed by atoms with van der Waals surface area (Å²) in [5, 5.41) is 12.1. The van der Waals surface area contributed by atoms with Crippen molar-refractivity contribution in [2.45, 2.75) is 33.1 Å². The number of thiazole rings is 1. The predicted octanol–water partition coefficient (Wildman–Crippen LogP) is 3.51. The summed E-state index contributed by atoms with van der Waals surface area (Å²) in [6, 6.07) is 3.33. The lowest BCUT2D eigenvalue weighted by Crippen LogP contribution is -2.19. The minimum absolute atomic E-state index is 0.253. The van der Waals surface area contributed by atoms with Gasteiger partial charge in [0, 0.05) is 10.8 Å². The summed E-state index contributed by atoms with van der Waals surface area (Å²) < 4.78 is 0. The molecule has 0 radical (unpaired) electrons. The molecule has 0 aliphatic heterocycles. The molecule has 0 aromatic carbocycles. The highest BCUT2D eigenvalue weighted by molar-refractivity contribution is 7.09. The van der Waals surface area contributed by atoms with E-state index in [0.717, 1.165) is 16.4 Å². The van der Waals surface area contributed by atoms with Gasteiger partial charge in [-0.2, -0.15) is 0 Å². The quantitative estimate of drug-likeness (QED) is 0.911. The van der Waals surface area contributed by atoms with Crippen molar-refractivity contribution >= 4 is 17.3 Å². The third-order valence-electron chi connectivity index (χ3n) is 2.72. The second-order valence-corrected chi connectivity index (χ2v) is 6.46. The second-order valence-electron chi connectivity index (χ2n) is 5.40. The molecule has 100 valence electrons. The zero-order valence-electron chi connectivity index (χ0n) is 11.4. The van der Waals surface area contributed by atoms with E-state index in [1.807, 2.05) is 33.1 Å². The summed E-state index contributed by atoms with van der Waals surface area (Å²) in [4.78, 5) is 20.2. The van der Waals surface area contributed by atoms with Gasteiger partial charge in [0.05, 0.1) is 27.7 Å². The normalized spacial score (nSPS) is 11.6. The monoisotopic (exact) mass is 276 g/mol. The van der Waals surface area contributed by atoms with E-state index >= 15 is 0 Å². The molecule has 2 rings (SSSR count). The number of carboxylic acid groups (broad SMARTS) is 1. The Labute approximate surface area is 116 Å². The van der Waals surface area contributed by atoms with Crippen molar-refractivity contribution in [1.82, 2.24) is 9.97 Å². The summed E-state index contributed by atoms with van der Waals surface area (Å²) in [5.74, 6) is -0.946. The van der Waals surface area contributed by atoms with Crippen LogP contribution in [0, 0.1) is 6.92 Å². The molecule has 0 bridgehead atoms. The van der Waals surface area contributed by atoms with Crippen LogP contribution in [0.4, 0.5) is 0 Å². The second kappa shape index (κ2) is 4.74. The maximum absolute atomic E-state index is 11.3. The summed E-state index contributed by atoms with van der Waals surface area (Å²) >= 11 is 1.56. The van der Waals surface area contributed by atoms with E-state index in [4.69, 9.17) is 0 Å². The zero-order valence-corrected chi connectivity index (χ0v) is 12.2. The van der Waals surface area contributed by atoms with E-state index in [0.29, 0.717) is 5.69 Å². The Bertz CT molecular complexity index is 627. The van der Waals surface area contributed by atoms with Crippen molar-refractivity contribution in [1.29, 1.82) is 0 Å². The van der Waals surface area contributed by atoms with E-state index in [-0.39, 0.29) is 11.0 Å². The van der Waals surface area contributed by atoms with Crippen LogP contribution in [0.3, 0.4) is 0 Å². The lowest BCUT2D eigenvalue weighted by atomic mass is 9.88. The van der Waals surface area contributed by atoms with E-state index in [1.54, 1.807) is 23.5 Å². The molecular weight excluding hydrogens is 260 g/mol. The lowest BCUT2D eigenvalue weighted by Gasteiger charge is -2.20. The third-order valence-corrected chi connectivity index (χ3v) is 3.49. The Morgan fingerprint density at radius 1 is 1.21 bits per heavy atom. The predicted molar refractivity (Wildman–Crippen MR) is 75.7 cm³/mol. The van der Waals surface area contributed by atoms with Gasteiger partial charge in [0.2, 0.25) is 0 Å². The largest absolute Gasteiger partial charge is 0.478 e. The molecule has 0 amide bonds. The smallest absolute Gasteiger partial charge is 0.337 e. The molecule has 2 aromatic rings. The van der Waals surface area contributed by atoms with Crippen molar-refractivity contribution in [2.75, 3.05) is 0 Å². The average molecular weight is 276 g/mol. The summed E-state index contributed by atoms with van der Waals surface area (Å²) in [7, 11) is 0. The highest BCUT2D eigenvalue weighted by atomic mass is 32.1. The van der Waals surface area contributed by atoms with E-state index in [2.05, 4.69) is 9.97 Å². The van der Waals surface area contributed by atoms with Gasteiger partial charge >= 0.3 is 5.97 Å². The maximum Gasteiger partial charge on any atom is 0.337 e. The highest BCUT2D eigenvalue weighted by Crippen LogP contribution is 2.28. The van der Waals surface area contributed by atoms with Gasteiger partial charge in [-0.15, -0.1) is 11.3 Å². The number of aromatic carboxylic acids is 1. The summed E-state index contributed by atoms with van der Waals surface area (Å²) in [5.41, 5.74) is 2.03. The van der Waals surface area contributed by atoms with E-state index in [9.17, 15) is 9.90 Å². The van der Waals surface area contributed by atoms with Gasteiger partial charge < -0.3 is 5.11 Å². The molecule has 0 aliphatic rings. The molecule has 19 heavy (non-hydrogen) atoms. The minimum atomic E-state index is -0.946. The zero-order chi connectivity index (χ0) is 14.2. The maximum atomic E-state index is 11.3. The summed E-state index contributed by atoms with van der Waals surface area (Å²) in [6.07, 6.45) is 0. The van der Waals surface area contributed by atoms with Crippen LogP contribution in [0.2, 0.25) is 0 Å². The topological polar surface area (TPSA) is 63.1 Å². The summed E-state index contributed by atoms with van der Waals surface area (Å²) in [6.45, 7) is 7.80. The molecule has 0 spiro atoms. The molecule has 1 N–H and O–H groups in total. The van der Waals surface area contributed by atoms with Gasteiger partial charge in [-0.05, 0) is 19.1 Å². The van der Waals surface area contributed by atoms with Gasteiger partial charge in [-0.25, -0.2) is 14.8 Å². The third kappa shape index (κ3) is 2.81. The van der Waals surface area contributed by atoms with E-state index in [1.165, 1.54) is 0 Å². The lowest BCUT2D eigenvalue weighted by molar-refractivity contribution is 0.0693. The molecule has 2 aromatic heterocycles. The number of carboxylic acids is 1. The number of carbonyl (C=O) groups is 1. The van der Waals surface area contributed by atoms with Crippen LogP contribution in [0.1, 0.15) is 41.8 Å². The molecule has 5 heteroatoms. The van der Waals surface area contributed by atoms with Gasteiger partial charge in [0.25, 0.3) is 0 Å². The molecule has 0 fully saturated rings. The number of pyridine rings is 1. The number of hydrogen-bond donors (Lipinski definition) is 1. The van der Waals surface area contributed by atoms with Crippen LogP contribution in [0.5, 0.6) is 0 Å². The molecule has 0 aliphatic carbocycles. The first-order valence-electron chi connectivity index (χ1n) is 5.96. The van der Waals surface area contributed by atoms with Crippen LogP contribution in [0.15, 0.2) is 17.5 Å². The number of nitrogens with zero attached hydrogens (tertiary/aromatic N) is 2. The Morgan fingerprint density at radius 3 is 2.37 bits per heavy atom. The Kier molecular flexibility index (Phi) is 3.41. The van der Waals surface area contributed by atoms with Gasteiger partial charge in [-0.1, -0.05) is 20.8 Å². The first-order chi connectivity index (χ1) is 8.79. The number of aryl methyl sites for hydroxylation is 1. The van der Waals surface area contributed by atoms with Gasteiger partial charge in [0.15, 0.2) is 0 Å². The van der Waals surface area contributed by atoms with Crippen LogP contribution in [-0.2, 0) is 5.41 Å². The molecule has 0 atom stereocenters. The number of rotatable bonds is 2. The number of aromatic nitrogens is 2. The number of hydrogen-bond acceptors (Lipinski definition) is 4. The van der Waals surface area contributed by atoms with Gasteiger partial charge in [0.1, 0.15) is 0 Å². The molecular formula is C14H16N2O2S. The van der Waals surface area contributed by atoms with Crippen LogP contribution >= 0.6 is 11.3 Å². The first-order valence-corrected chi connectivity index (χ1v) is 6.84. The standard InChI is InChI=1S/C14H16N2O2S/c1-8-15-11(7-19-8)10-6-5-9(13(17)18)12(16-10)14(2,3)4/h5-7H,1-4H3,(H,17,18). The van der Waals surface area contributed by atoms with Crippen LogP contribution in [-0.4, -0.2) is 21.0 Å². The highest BCUT2D eigenvalue weighted by Gasteiger charge is 2.24. The molecule has 0 saturated heterocycles. The Hall–Kier alpha value is -1.75. The first kappa shape index (κ1) is 13.7. The Balaban J connectivity index is 2.59. The van der Waals surface area contributed by atoms with Crippen LogP contribution in [0.25, 0.3) is 11.4 Å². The van der Waals surface area contributed by atoms with Crippen molar-refractivity contribution in [2.24, 2.45) is 0 Å². The van der Waals surface area contributed by atoms with Gasteiger partial charge in [-0.3, -0.25) is 0 Å². The molecule has 0 unspecified atom stereocenters. The fraction of sp³-hybridized carbons (Fsp3) is 0.357. The van der Waals surface area contributed by atoms with Crippen molar-refractivity contribution < 1.29 is 9.90 Å². The van der Waals surface area contributed by atoms with Crippen molar-refractivity contribution in [3.05, 3.63) is 33.8 Å². The average Bonchev–Trinajstić information content (AvgIpc) is 2.74.